The number of fused-ring (bicyclic) bond motifs is 2. The Balaban J connectivity index is 1.51. The number of nitrogens with one attached hydrogen (secondary N) is 1. The average Bonchev–Trinajstić information content (AvgIpc) is 2.79. The minimum Gasteiger partial charge on any atom is -0.377 e. The largest absolute Gasteiger partial charge is 0.377 e. The maximum atomic E-state index is 6.15. The molecule has 1 heterocycles. The zero-order valence-corrected chi connectivity index (χ0v) is 12.5. The fraction of sp³-hybridized carbons (Fsp3) is 0.588. The minimum absolute atomic E-state index is 0.306. The Kier molecular flexibility index (Phi) is 2.96. The Morgan fingerprint density at radius 1 is 1.43 bits per heavy atom. The van der Waals surface area contributed by atoms with Crippen LogP contribution in [-0.2, 0) is 4.74 Å². The Morgan fingerprint density at radius 2 is 2.29 bits per heavy atom. The SMILES string of the molecule is Cc1cccc(NC(N)=NC2C3CCOC3C23CCC3)c1. The molecule has 1 spiro atoms. The van der Waals surface area contributed by atoms with E-state index in [0.717, 1.165) is 18.7 Å². The lowest BCUT2D eigenvalue weighted by atomic mass is 9.46. The van der Waals surface area contributed by atoms with Crippen molar-refractivity contribution in [2.45, 2.75) is 44.8 Å². The number of hydrogen-bond donors (Lipinski definition) is 2. The summed E-state index contributed by atoms with van der Waals surface area (Å²) in [6.45, 7) is 2.97. The Bertz CT molecular complexity index is 579. The zero-order chi connectivity index (χ0) is 14.4. The third-order valence-electron chi connectivity index (χ3n) is 5.55. The van der Waals surface area contributed by atoms with Gasteiger partial charge in [0.25, 0.3) is 0 Å². The molecule has 2 saturated carbocycles. The number of benzene rings is 1. The van der Waals surface area contributed by atoms with E-state index in [1.165, 1.54) is 24.8 Å². The van der Waals surface area contributed by atoms with Crippen LogP contribution in [0.15, 0.2) is 29.3 Å². The average molecular weight is 285 g/mol. The van der Waals surface area contributed by atoms with Crippen LogP contribution < -0.4 is 11.1 Å². The number of aliphatic imine (C=N–C) groups is 1. The number of nitrogens with two attached hydrogens (primary N) is 1. The van der Waals surface area contributed by atoms with Gasteiger partial charge >= 0.3 is 0 Å². The van der Waals surface area contributed by atoms with Gasteiger partial charge < -0.3 is 15.8 Å². The summed E-state index contributed by atoms with van der Waals surface area (Å²) < 4.78 is 5.92. The molecule has 4 heteroatoms. The number of ether oxygens (including phenoxy) is 1. The molecule has 3 aliphatic rings. The highest BCUT2D eigenvalue weighted by molar-refractivity contribution is 5.92. The smallest absolute Gasteiger partial charge is 0.193 e. The molecular formula is C17H23N3O. The molecule has 4 nitrogen and oxygen atoms in total. The summed E-state index contributed by atoms with van der Waals surface area (Å²) in [5.74, 6) is 1.13. The highest BCUT2D eigenvalue weighted by Gasteiger charge is 2.66. The van der Waals surface area contributed by atoms with Crippen LogP contribution in [0.3, 0.4) is 0 Å². The molecule has 0 amide bonds. The van der Waals surface area contributed by atoms with Gasteiger partial charge in [-0.2, -0.15) is 0 Å². The molecule has 3 atom stereocenters. The number of anilines is 1. The van der Waals surface area contributed by atoms with Crippen LogP contribution in [0, 0.1) is 18.3 Å². The lowest BCUT2D eigenvalue weighted by molar-refractivity contribution is -0.164. The van der Waals surface area contributed by atoms with Gasteiger partial charge in [-0.15, -0.1) is 0 Å². The van der Waals surface area contributed by atoms with E-state index in [2.05, 4.69) is 24.4 Å². The Hall–Kier alpha value is -1.55. The molecular weight excluding hydrogens is 262 g/mol. The second-order valence-electron chi connectivity index (χ2n) is 6.78. The predicted molar refractivity (Wildman–Crippen MR) is 84.3 cm³/mol. The van der Waals surface area contributed by atoms with E-state index in [-0.39, 0.29) is 0 Å². The second-order valence-corrected chi connectivity index (χ2v) is 6.78. The monoisotopic (exact) mass is 285 g/mol. The molecule has 21 heavy (non-hydrogen) atoms. The molecule has 3 fully saturated rings. The van der Waals surface area contributed by atoms with Gasteiger partial charge in [0.15, 0.2) is 5.96 Å². The van der Waals surface area contributed by atoms with Crippen molar-refractivity contribution in [3.8, 4) is 0 Å². The summed E-state index contributed by atoms with van der Waals surface area (Å²) in [6.07, 6.45) is 5.40. The summed E-state index contributed by atoms with van der Waals surface area (Å²) in [7, 11) is 0. The van der Waals surface area contributed by atoms with E-state index in [1.54, 1.807) is 0 Å². The number of aryl methyl sites for hydroxylation is 1. The minimum atomic E-state index is 0.306. The summed E-state index contributed by atoms with van der Waals surface area (Å²) in [5.41, 5.74) is 8.68. The molecule has 0 aromatic heterocycles. The first-order chi connectivity index (χ1) is 10.2. The lowest BCUT2D eigenvalue weighted by Gasteiger charge is -2.61. The number of hydrogen-bond acceptors (Lipinski definition) is 2. The summed E-state index contributed by atoms with van der Waals surface area (Å²) >= 11 is 0. The summed E-state index contributed by atoms with van der Waals surface area (Å²) in [4.78, 5) is 4.83. The van der Waals surface area contributed by atoms with Crippen molar-refractivity contribution in [3.63, 3.8) is 0 Å². The second kappa shape index (κ2) is 4.73. The fourth-order valence-corrected chi connectivity index (χ4v) is 4.44. The number of nitrogens with zero attached hydrogens (tertiary/aromatic N) is 1. The lowest BCUT2D eigenvalue weighted by Crippen LogP contribution is -2.65. The van der Waals surface area contributed by atoms with Crippen LogP contribution in [0.1, 0.15) is 31.2 Å². The highest BCUT2D eigenvalue weighted by Crippen LogP contribution is 2.64. The fourth-order valence-electron chi connectivity index (χ4n) is 4.44. The van der Waals surface area contributed by atoms with Crippen molar-refractivity contribution < 1.29 is 4.74 Å². The molecule has 1 saturated heterocycles. The van der Waals surface area contributed by atoms with Gasteiger partial charge in [-0.3, -0.25) is 0 Å². The molecule has 1 aliphatic heterocycles. The molecule has 4 rings (SSSR count). The molecule has 112 valence electrons. The van der Waals surface area contributed by atoms with Crippen LogP contribution in [0.4, 0.5) is 5.69 Å². The molecule has 3 unspecified atom stereocenters. The van der Waals surface area contributed by atoms with E-state index in [4.69, 9.17) is 15.5 Å². The van der Waals surface area contributed by atoms with Crippen molar-refractivity contribution >= 4 is 11.6 Å². The zero-order valence-electron chi connectivity index (χ0n) is 12.5. The molecule has 1 aromatic rings. The normalized spacial score (nSPS) is 33.2. The first-order valence-electron chi connectivity index (χ1n) is 7.98. The van der Waals surface area contributed by atoms with Crippen molar-refractivity contribution in [2.75, 3.05) is 11.9 Å². The van der Waals surface area contributed by atoms with Gasteiger partial charge in [-0.25, -0.2) is 4.99 Å². The van der Waals surface area contributed by atoms with Crippen LogP contribution in [-0.4, -0.2) is 24.7 Å². The third kappa shape index (κ3) is 1.96. The topological polar surface area (TPSA) is 59.6 Å². The van der Waals surface area contributed by atoms with Crippen LogP contribution >= 0.6 is 0 Å². The molecule has 0 radical (unpaired) electrons. The van der Waals surface area contributed by atoms with Crippen molar-refractivity contribution in [1.82, 2.24) is 0 Å². The van der Waals surface area contributed by atoms with Gasteiger partial charge in [0.2, 0.25) is 0 Å². The standard InChI is InChI=1S/C17H23N3O/c1-11-4-2-5-12(10-11)19-16(18)20-14-13-6-9-21-15(13)17(14)7-3-8-17/h2,4-5,10,13-15H,3,6-9H2,1H3,(H3,18,19,20). The predicted octanol–water partition coefficient (Wildman–Crippen LogP) is 2.68. The number of rotatable bonds is 2. The van der Waals surface area contributed by atoms with Crippen LogP contribution in [0.2, 0.25) is 0 Å². The third-order valence-corrected chi connectivity index (χ3v) is 5.55. The maximum absolute atomic E-state index is 6.15. The van der Waals surface area contributed by atoms with Gasteiger partial charge in [0.05, 0.1) is 12.1 Å². The van der Waals surface area contributed by atoms with E-state index in [1.807, 2.05) is 12.1 Å². The maximum Gasteiger partial charge on any atom is 0.193 e. The molecule has 1 aromatic carbocycles. The molecule has 0 bridgehead atoms. The summed E-state index contributed by atoms with van der Waals surface area (Å²) in [5, 5.41) is 3.23. The van der Waals surface area contributed by atoms with Crippen LogP contribution in [0.25, 0.3) is 0 Å². The highest BCUT2D eigenvalue weighted by atomic mass is 16.5. The van der Waals surface area contributed by atoms with Crippen molar-refractivity contribution in [3.05, 3.63) is 29.8 Å². The number of guanidine groups is 1. The molecule has 2 aliphatic carbocycles. The van der Waals surface area contributed by atoms with E-state index < -0.39 is 0 Å². The quantitative estimate of drug-likeness (QED) is 0.649. The van der Waals surface area contributed by atoms with E-state index in [9.17, 15) is 0 Å². The first kappa shape index (κ1) is 13.1. The first-order valence-corrected chi connectivity index (χ1v) is 7.98. The van der Waals surface area contributed by atoms with Crippen molar-refractivity contribution in [2.24, 2.45) is 22.1 Å². The van der Waals surface area contributed by atoms with Gasteiger partial charge in [0, 0.05) is 23.6 Å². The van der Waals surface area contributed by atoms with Gasteiger partial charge in [-0.05, 0) is 43.9 Å². The van der Waals surface area contributed by atoms with Gasteiger partial charge in [-0.1, -0.05) is 18.6 Å². The van der Waals surface area contributed by atoms with Crippen molar-refractivity contribution in [1.29, 1.82) is 0 Å². The Morgan fingerprint density at radius 3 is 3.00 bits per heavy atom. The summed E-state index contributed by atoms with van der Waals surface area (Å²) in [6, 6.07) is 8.58. The van der Waals surface area contributed by atoms with E-state index in [0.29, 0.717) is 29.4 Å². The molecule has 3 N–H and O–H groups in total. The van der Waals surface area contributed by atoms with E-state index >= 15 is 0 Å². The van der Waals surface area contributed by atoms with Gasteiger partial charge in [0.1, 0.15) is 0 Å². The Labute approximate surface area is 125 Å². The van der Waals surface area contributed by atoms with Crippen LogP contribution in [0.5, 0.6) is 0 Å².